The molecule has 0 aromatic rings. The molecule has 1 fully saturated rings. The lowest BCUT2D eigenvalue weighted by Gasteiger charge is -2.33. The molecule has 1 saturated heterocycles. The van der Waals surface area contributed by atoms with Crippen molar-refractivity contribution in [2.24, 2.45) is 5.41 Å². The van der Waals surface area contributed by atoms with Crippen LogP contribution in [0.2, 0.25) is 0 Å². The Balaban J connectivity index is 2.27. The standard InChI is InChI=1S/C14H19NO3/c1-14(2,3)11-8-10(16)9-12(13(11)17)15-4-6-18-7-5-15/h8-9H,4-7H2,1-3H3. The van der Waals surface area contributed by atoms with Crippen LogP contribution in [0.5, 0.6) is 0 Å². The van der Waals surface area contributed by atoms with Gasteiger partial charge in [-0.1, -0.05) is 20.8 Å². The van der Waals surface area contributed by atoms with Gasteiger partial charge in [-0.2, -0.15) is 0 Å². The number of rotatable bonds is 1. The molecule has 1 aliphatic carbocycles. The maximum atomic E-state index is 12.4. The van der Waals surface area contributed by atoms with Gasteiger partial charge in [0.2, 0.25) is 5.78 Å². The fourth-order valence-electron chi connectivity index (χ4n) is 2.18. The first kappa shape index (κ1) is 13.0. The Bertz CT molecular complexity index is 434. The SMILES string of the molecule is CC(C)(C)C1=CC(=O)C=C(N2CCOCC2)C1=O. The van der Waals surface area contributed by atoms with Crippen LogP contribution in [0.3, 0.4) is 0 Å². The van der Waals surface area contributed by atoms with Gasteiger partial charge >= 0.3 is 0 Å². The van der Waals surface area contributed by atoms with Crippen molar-refractivity contribution in [3.63, 3.8) is 0 Å². The van der Waals surface area contributed by atoms with Crippen molar-refractivity contribution in [1.82, 2.24) is 4.90 Å². The zero-order valence-electron chi connectivity index (χ0n) is 11.2. The van der Waals surface area contributed by atoms with Crippen molar-refractivity contribution in [3.05, 3.63) is 23.4 Å². The van der Waals surface area contributed by atoms with E-state index in [1.165, 1.54) is 12.2 Å². The van der Waals surface area contributed by atoms with Crippen LogP contribution in [0.15, 0.2) is 23.4 Å². The molecule has 0 N–H and O–H groups in total. The van der Waals surface area contributed by atoms with Crippen molar-refractivity contribution in [2.45, 2.75) is 20.8 Å². The highest BCUT2D eigenvalue weighted by molar-refractivity contribution is 6.20. The average molecular weight is 249 g/mol. The largest absolute Gasteiger partial charge is 0.378 e. The van der Waals surface area contributed by atoms with E-state index in [9.17, 15) is 9.59 Å². The Labute approximate surface area is 107 Å². The molecule has 0 spiro atoms. The van der Waals surface area contributed by atoms with E-state index < -0.39 is 0 Å². The molecule has 98 valence electrons. The van der Waals surface area contributed by atoms with E-state index >= 15 is 0 Å². The molecule has 0 saturated carbocycles. The quantitative estimate of drug-likeness (QED) is 0.658. The van der Waals surface area contributed by atoms with Crippen molar-refractivity contribution in [3.8, 4) is 0 Å². The number of carbonyl (C=O) groups is 2. The normalized spacial score (nSPS) is 21.8. The zero-order chi connectivity index (χ0) is 13.3. The molecule has 0 aromatic heterocycles. The van der Waals surface area contributed by atoms with Gasteiger partial charge in [0.1, 0.15) is 0 Å². The predicted molar refractivity (Wildman–Crippen MR) is 68.0 cm³/mol. The summed E-state index contributed by atoms with van der Waals surface area (Å²) < 4.78 is 5.27. The van der Waals surface area contributed by atoms with Gasteiger partial charge in [-0.05, 0) is 11.5 Å². The van der Waals surface area contributed by atoms with Crippen LogP contribution < -0.4 is 0 Å². The van der Waals surface area contributed by atoms with Crippen molar-refractivity contribution >= 4 is 11.6 Å². The molecule has 0 unspecified atom stereocenters. The molecule has 2 aliphatic rings. The lowest BCUT2D eigenvalue weighted by Crippen LogP contribution is -2.40. The molecule has 1 aliphatic heterocycles. The first-order chi connectivity index (χ1) is 8.39. The lowest BCUT2D eigenvalue weighted by atomic mass is 9.80. The first-order valence-corrected chi connectivity index (χ1v) is 6.25. The summed E-state index contributed by atoms with van der Waals surface area (Å²) in [7, 11) is 0. The van der Waals surface area contributed by atoms with Gasteiger partial charge in [-0.15, -0.1) is 0 Å². The maximum Gasteiger partial charge on any atom is 0.205 e. The molecule has 0 aromatic carbocycles. The van der Waals surface area contributed by atoms with Crippen molar-refractivity contribution < 1.29 is 14.3 Å². The van der Waals surface area contributed by atoms with Gasteiger partial charge in [0.15, 0.2) is 5.78 Å². The summed E-state index contributed by atoms with van der Waals surface area (Å²) >= 11 is 0. The third kappa shape index (κ3) is 2.53. The van der Waals surface area contributed by atoms with Crippen molar-refractivity contribution in [2.75, 3.05) is 26.3 Å². The maximum absolute atomic E-state index is 12.4. The lowest BCUT2D eigenvalue weighted by molar-refractivity contribution is -0.117. The Morgan fingerprint density at radius 2 is 1.72 bits per heavy atom. The number of Topliss-reactive ketones (excluding diaryl/α,β-unsaturated/α-hetero) is 1. The number of carbonyl (C=O) groups excluding carboxylic acids is 2. The summed E-state index contributed by atoms with van der Waals surface area (Å²) in [4.78, 5) is 26.1. The van der Waals surface area contributed by atoms with Gasteiger partial charge in [0, 0.05) is 24.7 Å². The van der Waals surface area contributed by atoms with E-state index in [4.69, 9.17) is 4.74 Å². The van der Waals surface area contributed by atoms with Gasteiger partial charge in [0.25, 0.3) is 0 Å². The van der Waals surface area contributed by atoms with Crippen LogP contribution in [-0.2, 0) is 14.3 Å². The van der Waals surface area contributed by atoms with Gasteiger partial charge < -0.3 is 9.64 Å². The van der Waals surface area contributed by atoms with Gasteiger partial charge in [-0.25, -0.2) is 0 Å². The van der Waals surface area contributed by atoms with E-state index in [0.717, 1.165) is 0 Å². The second-order valence-electron chi connectivity index (χ2n) is 5.67. The van der Waals surface area contributed by atoms with Crippen LogP contribution in [0.4, 0.5) is 0 Å². The zero-order valence-corrected chi connectivity index (χ0v) is 11.2. The first-order valence-electron chi connectivity index (χ1n) is 6.25. The topological polar surface area (TPSA) is 46.6 Å². The number of morpholine rings is 1. The molecule has 0 atom stereocenters. The average Bonchev–Trinajstić information content (AvgIpc) is 2.31. The Hall–Kier alpha value is -1.42. The summed E-state index contributed by atoms with van der Waals surface area (Å²) in [5.74, 6) is -0.120. The summed E-state index contributed by atoms with van der Waals surface area (Å²) in [5, 5.41) is 0. The van der Waals surface area contributed by atoms with Crippen molar-refractivity contribution in [1.29, 1.82) is 0 Å². The van der Waals surface area contributed by atoms with Crippen LogP contribution in [-0.4, -0.2) is 42.8 Å². The number of allylic oxidation sites excluding steroid dienone is 3. The van der Waals surface area contributed by atoms with Gasteiger partial charge in [-0.3, -0.25) is 9.59 Å². The van der Waals surface area contributed by atoms with E-state index in [2.05, 4.69) is 0 Å². The second kappa shape index (κ2) is 4.69. The van der Waals surface area contributed by atoms with Gasteiger partial charge in [0.05, 0.1) is 18.9 Å². The molecule has 2 rings (SSSR count). The number of hydrogen-bond acceptors (Lipinski definition) is 4. The van der Waals surface area contributed by atoms with Crippen LogP contribution in [0.25, 0.3) is 0 Å². The van der Waals surface area contributed by atoms with E-state index in [1.807, 2.05) is 25.7 Å². The fraction of sp³-hybridized carbons (Fsp3) is 0.571. The second-order valence-corrected chi connectivity index (χ2v) is 5.67. The molecule has 0 radical (unpaired) electrons. The van der Waals surface area contributed by atoms with Crippen LogP contribution in [0, 0.1) is 5.41 Å². The molecule has 18 heavy (non-hydrogen) atoms. The third-order valence-electron chi connectivity index (χ3n) is 3.20. The molecule has 4 nitrogen and oxygen atoms in total. The monoisotopic (exact) mass is 249 g/mol. The Morgan fingerprint density at radius 3 is 2.28 bits per heavy atom. The molecular formula is C14H19NO3. The fourth-order valence-corrected chi connectivity index (χ4v) is 2.18. The summed E-state index contributed by atoms with van der Waals surface area (Å²) in [6.45, 7) is 8.40. The highest BCUT2D eigenvalue weighted by Crippen LogP contribution is 2.31. The Kier molecular flexibility index (Phi) is 3.39. The van der Waals surface area contributed by atoms with E-state index in [0.29, 0.717) is 37.6 Å². The van der Waals surface area contributed by atoms with Crippen LogP contribution in [0.1, 0.15) is 20.8 Å². The van der Waals surface area contributed by atoms with E-state index in [1.54, 1.807) is 0 Å². The third-order valence-corrected chi connectivity index (χ3v) is 3.20. The van der Waals surface area contributed by atoms with Crippen LogP contribution >= 0.6 is 0 Å². The molecule has 0 amide bonds. The number of ether oxygens (including phenoxy) is 1. The minimum absolute atomic E-state index is 0.0241. The minimum Gasteiger partial charge on any atom is -0.378 e. The smallest absolute Gasteiger partial charge is 0.205 e. The van der Waals surface area contributed by atoms with E-state index in [-0.39, 0.29) is 17.0 Å². The minimum atomic E-state index is -0.307. The summed E-state index contributed by atoms with van der Waals surface area (Å²) in [6.07, 6.45) is 2.91. The molecular weight excluding hydrogens is 230 g/mol. The predicted octanol–water partition coefficient (Wildman–Crippen LogP) is 1.33. The number of ketones is 2. The summed E-state index contributed by atoms with van der Waals surface area (Å²) in [6, 6.07) is 0. The highest BCUT2D eigenvalue weighted by Gasteiger charge is 2.32. The molecule has 0 bridgehead atoms. The summed E-state index contributed by atoms with van der Waals surface area (Å²) in [5.41, 5.74) is 0.811. The molecule has 4 heteroatoms. The number of nitrogens with zero attached hydrogens (tertiary/aromatic N) is 1. The Morgan fingerprint density at radius 1 is 1.11 bits per heavy atom. The number of hydrogen-bond donors (Lipinski definition) is 0. The highest BCUT2D eigenvalue weighted by atomic mass is 16.5. The molecule has 1 heterocycles.